The van der Waals surface area contributed by atoms with Crippen LogP contribution in [0.15, 0.2) is 24.3 Å². The van der Waals surface area contributed by atoms with Gasteiger partial charge in [0.1, 0.15) is 5.75 Å². The highest BCUT2D eigenvalue weighted by Gasteiger charge is 2.09. The number of likely N-dealkylation sites (N-methyl/N-ethyl adjacent to an activating group) is 1. The molecule has 2 N–H and O–H groups in total. The first kappa shape index (κ1) is 15.0. The Balaban J connectivity index is 2.57. The average Bonchev–Trinajstić information content (AvgIpc) is 2.41. The second-order valence-corrected chi connectivity index (χ2v) is 4.29. The summed E-state index contributed by atoms with van der Waals surface area (Å²) in [5.41, 5.74) is 1.13. The van der Waals surface area contributed by atoms with Crippen LogP contribution in [0.4, 0.5) is 4.79 Å². The first-order valence-corrected chi connectivity index (χ1v) is 5.88. The molecule has 0 fully saturated rings. The minimum atomic E-state index is -0.935. The maximum atomic E-state index is 10.8. The molecule has 1 rings (SSSR count). The Morgan fingerprint density at radius 3 is 2.63 bits per heavy atom. The molecule has 0 amide bonds. The molecule has 0 spiro atoms. The van der Waals surface area contributed by atoms with Crippen molar-refractivity contribution in [1.29, 1.82) is 0 Å². The Hall–Kier alpha value is -2.03. The minimum absolute atomic E-state index is 0.330. The zero-order chi connectivity index (χ0) is 14.3. The van der Waals surface area contributed by atoms with Gasteiger partial charge in [-0.15, -0.1) is 6.42 Å². The zero-order valence-corrected chi connectivity index (χ0v) is 11.1. The average molecular weight is 262 g/mol. The largest absolute Gasteiger partial charge is 0.533 e. The normalized spacial score (nSPS) is 11.7. The van der Waals surface area contributed by atoms with Gasteiger partial charge in [-0.3, -0.25) is 4.90 Å². The van der Waals surface area contributed by atoms with Gasteiger partial charge in [-0.1, -0.05) is 18.1 Å². The number of hydrogen-bond donors (Lipinski definition) is 1. The van der Waals surface area contributed by atoms with Crippen molar-refractivity contribution < 1.29 is 14.4 Å². The van der Waals surface area contributed by atoms with Gasteiger partial charge >= 0.3 is 6.16 Å². The van der Waals surface area contributed by atoms with Gasteiger partial charge in [-0.05, 0) is 38.1 Å². The van der Waals surface area contributed by atoms with Crippen LogP contribution in [0, 0.1) is 12.3 Å². The SMILES string of the molecule is C#CCN(C)C(C)Cc1ccc(OC(=O)ON)cc1. The molecule has 0 aliphatic heterocycles. The standard InChI is InChI=1S/C14H18N2O3/c1-4-9-16(3)11(2)10-12-5-7-13(8-6-12)18-14(17)19-15/h1,5-8,11H,9-10,15H2,2-3H3. The fourth-order valence-electron chi connectivity index (χ4n) is 1.61. The summed E-state index contributed by atoms with van der Waals surface area (Å²) in [5, 5.41) is 0. The van der Waals surface area contributed by atoms with E-state index in [9.17, 15) is 4.79 Å². The van der Waals surface area contributed by atoms with Gasteiger partial charge in [0.05, 0.1) is 6.54 Å². The lowest BCUT2D eigenvalue weighted by atomic mass is 10.1. The molecule has 5 heteroatoms. The molecular weight excluding hydrogens is 244 g/mol. The number of hydrogen-bond acceptors (Lipinski definition) is 5. The van der Waals surface area contributed by atoms with Gasteiger partial charge in [-0.2, -0.15) is 5.90 Å². The molecule has 1 unspecified atom stereocenters. The molecule has 5 nitrogen and oxygen atoms in total. The van der Waals surface area contributed by atoms with Crippen molar-refractivity contribution in [2.24, 2.45) is 5.90 Å². The summed E-state index contributed by atoms with van der Waals surface area (Å²) < 4.78 is 4.79. The van der Waals surface area contributed by atoms with Gasteiger partial charge in [-0.25, -0.2) is 4.79 Å². The molecule has 19 heavy (non-hydrogen) atoms. The summed E-state index contributed by atoms with van der Waals surface area (Å²) in [4.78, 5) is 16.8. The van der Waals surface area contributed by atoms with Crippen LogP contribution in [-0.2, 0) is 11.3 Å². The number of nitrogens with zero attached hydrogens (tertiary/aromatic N) is 1. The van der Waals surface area contributed by atoms with Gasteiger partial charge in [0, 0.05) is 6.04 Å². The van der Waals surface area contributed by atoms with E-state index < -0.39 is 6.16 Å². The molecule has 1 atom stereocenters. The summed E-state index contributed by atoms with van der Waals surface area (Å²) in [6.45, 7) is 2.72. The molecule has 0 radical (unpaired) electrons. The van der Waals surface area contributed by atoms with Gasteiger partial charge in [0.2, 0.25) is 0 Å². The van der Waals surface area contributed by atoms with Gasteiger partial charge in [0.25, 0.3) is 0 Å². The topological polar surface area (TPSA) is 64.8 Å². The van der Waals surface area contributed by atoms with Crippen molar-refractivity contribution >= 4 is 6.16 Å². The first-order chi connectivity index (χ1) is 9.06. The molecule has 0 aliphatic carbocycles. The van der Waals surface area contributed by atoms with E-state index >= 15 is 0 Å². The van der Waals surface area contributed by atoms with E-state index in [4.69, 9.17) is 11.2 Å². The van der Waals surface area contributed by atoms with Crippen molar-refractivity contribution in [3.05, 3.63) is 29.8 Å². The summed E-state index contributed by atoms with van der Waals surface area (Å²) in [6, 6.07) is 7.50. The third-order valence-electron chi connectivity index (χ3n) is 2.85. The molecule has 0 heterocycles. The molecular formula is C14H18N2O3. The second-order valence-electron chi connectivity index (χ2n) is 4.29. The number of nitrogens with two attached hydrogens (primary N) is 1. The summed E-state index contributed by atoms with van der Waals surface area (Å²) in [5.74, 6) is 7.69. The maximum Gasteiger partial charge on any atom is 0.533 e. The first-order valence-electron chi connectivity index (χ1n) is 5.88. The predicted molar refractivity (Wildman–Crippen MR) is 72.4 cm³/mol. The van der Waals surface area contributed by atoms with E-state index in [0.717, 1.165) is 12.0 Å². The number of terminal acetylenes is 1. The van der Waals surface area contributed by atoms with E-state index in [1.54, 1.807) is 12.1 Å². The van der Waals surface area contributed by atoms with Crippen LogP contribution < -0.4 is 10.6 Å². The number of carbonyl (C=O) groups excluding carboxylic acids is 1. The Morgan fingerprint density at radius 1 is 1.47 bits per heavy atom. The smallest absolute Gasteiger partial charge is 0.394 e. The van der Waals surface area contributed by atoms with E-state index in [1.807, 2.05) is 19.2 Å². The summed E-state index contributed by atoms with van der Waals surface area (Å²) >= 11 is 0. The summed E-state index contributed by atoms with van der Waals surface area (Å²) in [6.07, 6.45) is 5.20. The van der Waals surface area contributed by atoms with Crippen LogP contribution in [0.5, 0.6) is 5.75 Å². The van der Waals surface area contributed by atoms with Crippen molar-refractivity contribution in [3.63, 3.8) is 0 Å². The van der Waals surface area contributed by atoms with Crippen molar-refractivity contribution in [2.45, 2.75) is 19.4 Å². The Labute approximate surface area is 113 Å². The highest BCUT2D eigenvalue weighted by atomic mass is 16.8. The highest BCUT2D eigenvalue weighted by Crippen LogP contribution is 2.15. The second kappa shape index (κ2) is 7.41. The van der Waals surface area contributed by atoms with Crippen molar-refractivity contribution in [3.8, 4) is 18.1 Å². The van der Waals surface area contributed by atoms with Crippen LogP contribution in [0.25, 0.3) is 0 Å². The molecule has 0 saturated carbocycles. The molecule has 1 aromatic rings. The lowest BCUT2D eigenvalue weighted by Crippen LogP contribution is -2.31. The van der Waals surface area contributed by atoms with Crippen LogP contribution in [-0.4, -0.2) is 30.7 Å². The molecule has 0 bridgehead atoms. The Kier molecular flexibility index (Phi) is 5.86. The number of rotatable bonds is 5. The molecule has 1 aromatic carbocycles. The van der Waals surface area contributed by atoms with Crippen molar-refractivity contribution in [1.82, 2.24) is 4.90 Å². The predicted octanol–water partition coefficient (Wildman–Crippen LogP) is 1.57. The third kappa shape index (κ3) is 5.00. The highest BCUT2D eigenvalue weighted by molar-refractivity contribution is 5.63. The molecule has 0 aliphatic rings. The Morgan fingerprint density at radius 2 is 2.11 bits per heavy atom. The lowest BCUT2D eigenvalue weighted by Gasteiger charge is -2.22. The van der Waals surface area contributed by atoms with E-state index in [-0.39, 0.29) is 0 Å². The third-order valence-corrected chi connectivity index (χ3v) is 2.85. The van der Waals surface area contributed by atoms with E-state index in [2.05, 4.69) is 28.5 Å². The fraction of sp³-hybridized carbons (Fsp3) is 0.357. The van der Waals surface area contributed by atoms with E-state index in [1.165, 1.54) is 0 Å². The van der Waals surface area contributed by atoms with E-state index in [0.29, 0.717) is 18.3 Å². The number of benzene rings is 1. The number of carbonyl (C=O) groups is 1. The molecule has 0 aromatic heterocycles. The van der Waals surface area contributed by atoms with Crippen molar-refractivity contribution in [2.75, 3.05) is 13.6 Å². The zero-order valence-electron chi connectivity index (χ0n) is 11.1. The van der Waals surface area contributed by atoms with Crippen LogP contribution >= 0.6 is 0 Å². The van der Waals surface area contributed by atoms with Gasteiger partial charge < -0.3 is 9.57 Å². The molecule has 102 valence electrons. The fourth-order valence-corrected chi connectivity index (χ4v) is 1.61. The van der Waals surface area contributed by atoms with Crippen LogP contribution in [0.3, 0.4) is 0 Å². The van der Waals surface area contributed by atoms with Crippen LogP contribution in [0.2, 0.25) is 0 Å². The van der Waals surface area contributed by atoms with Gasteiger partial charge in [0.15, 0.2) is 0 Å². The quantitative estimate of drug-likeness (QED) is 0.378. The maximum absolute atomic E-state index is 10.8. The number of ether oxygens (including phenoxy) is 1. The summed E-state index contributed by atoms with van der Waals surface area (Å²) in [7, 11) is 1.99. The monoisotopic (exact) mass is 262 g/mol. The lowest BCUT2D eigenvalue weighted by molar-refractivity contribution is 0.0997. The molecule has 0 saturated heterocycles. The van der Waals surface area contributed by atoms with Crippen LogP contribution in [0.1, 0.15) is 12.5 Å². The minimum Gasteiger partial charge on any atom is -0.394 e. The Bertz CT molecular complexity index is 451.